The summed E-state index contributed by atoms with van der Waals surface area (Å²) in [6.45, 7) is 2.23. The number of aromatic amines is 1. The van der Waals surface area contributed by atoms with Crippen LogP contribution in [-0.2, 0) is 6.54 Å². The largest absolute Gasteiger partial charge is 0.477 e. The lowest BCUT2D eigenvalue weighted by atomic mass is 10.3. The maximum absolute atomic E-state index is 11.1. The van der Waals surface area contributed by atoms with Crippen LogP contribution in [0.15, 0.2) is 15.8 Å². The van der Waals surface area contributed by atoms with Crippen LogP contribution < -0.4 is 11.2 Å². The number of aromatic nitrogens is 2. The molecule has 0 atom stereocenters. The number of nitrogens with one attached hydrogen (secondary N) is 1. The van der Waals surface area contributed by atoms with Crippen LogP contribution in [0.1, 0.15) is 23.7 Å². The van der Waals surface area contributed by atoms with E-state index in [0.717, 1.165) is 6.20 Å². The van der Waals surface area contributed by atoms with Crippen molar-refractivity contribution in [2.45, 2.75) is 19.9 Å². The SMILES string of the molecule is CCCn1cc(C(=O)O)c(=O)[nH]c1=O. The molecule has 14 heavy (non-hydrogen) atoms. The quantitative estimate of drug-likeness (QED) is 0.694. The number of aromatic carboxylic acids is 1. The molecule has 0 saturated carbocycles. The van der Waals surface area contributed by atoms with Crippen LogP contribution in [0.5, 0.6) is 0 Å². The van der Waals surface area contributed by atoms with Gasteiger partial charge in [0.15, 0.2) is 0 Å². The molecule has 0 aromatic carbocycles. The van der Waals surface area contributed by atoms with E-state index in [2.05, 4.69) is 0 Å². The minimum absolute atomic E-state index is 0.385. The molecule has 1 aromatic rings. The Labute approximate surface area is 78.8 Å². The molecule has 0 spiro atoms. The number of carbonyl (C=O) groups is 1. The minimum atomic E-state index is -1.34. The summed E-state index contributed by atoms with van der Waals surface area (Å²) in [5.41, 5.74) is -1.87. The van der Waals surface area contributed by atoms with Gasteiger partial charge in [0.2, 0.25) is 0 Å². The molecule has 2 N–H and O–H groups in total. The number of hydrogen-bond donors (Lipinski definition) is 2. The van der Waals surface area contributed by atoms with E-state index in [1.54, 1.807) is 0 Å². The fourth-order valence-corrected chi connectivity index (χ4v) is 1.07. The molecule has 0 amide bonds. The van der Waals surface area contributed by atoms with Crippen LogP contribution in [0.25, 0.3) is 0 Å². The number of carboxylic acids is 1. The molecule has 76 valence electrons. The van der Waals surface area contributed by atoms with Gasteiger partial charge in [-0.3, -0.25) is 14.3 Å². The Hall–Kier alpha value is -1.85. The molecule has 1 heterocycles. The molecule has 0 aliphatic rings. The average Bonchev–Trinajstić information content (AvgIpc) is 2.09. The molecule has 0 fully saturated rings. The lowest BCUT2D eigenvalue weighted by Gasteiger charge is -2.02. The van der Waals surface area contributed by atoms with Crippen molar-refractivity contribution in [3.05, 3.63) is 32.6 Å². The normalized spacial score (nSPS) is 10.1. The third kappa shape index (κ3) is 1.90. The summed E-state index contributed by atoms with van der Waals surface area (Å²) in [5, 5.41) is 8.61. The van der Waals surface area contributed by atoms with Crippen LogP contribution in [-0.4, -0.2) is 20.6 Å². The minimum Gasteiger partial charge on any atom is -0.477 e. The van der Waals surface area contributed by atoms with Crippen molar-refractivity contribution in [1.82, 2.24) is 9.55 Å². The Kier molecular flexibility index (Phi) is 2.85. The monoisotopic (exact) mass is 198 g/mol. The van der Waals surface area contributed by atoms with Gasteiger partial charge in [0.1, 0.15) is 5.56 Å². The highest BCUT2D eigenvalue weighted by molar-refractivity contribution is 5.86. The van der Waals surface area contributed by atoms with Gasteiger partial charge in [0.05, 0.1) is 0 Å². The van der Waals surface area contributed by atoms with E-state index in [9.17, 15) is 14.4 Å². The molecule has 0 saturated heterocycles. The van der Waals surface area contributed by atoms with Gasteiger partial charge in [0.25, 0.3) is 5.56 Å². The Balaban J connectivity index is 3.35. The van der Waals surface area contributed by atoms with Crippen molar-refractivity contribution in [2.24, 2.45) is 0 Å². The topological polar surface area (TPSA) is 92.2 Å². The van der Waals surface area contributed by atoms with Crippen LogP contribution in [0.4, 0.5) is 0 Å². The fraction of sp³-hybridized carbons (Fsp3) is 0.375. The molecule has 0 aliphatic carbocycles. The molecule has 6 nitrogen and oxygen atoms in total. The first-order valence-corrected chi connectivity index (χ1v) is 4.13. The van der Waals surface area contributed by atoms with Gasteiger partial charge in [-0.2, -0.15) is 0 Å². The first-order valence-electron chi connectivity index (χ1n) is 4.13. The van der Waals surface area contributed by atoms with Crippen molar-refractivity contribution in [3.63, 3.8) is 0 Å². The number of rotatable bonds is 3. The third-order valence-electron chi connectivity index (χ3n) is 1.71. The zero-order valence-corrected chi connectivity index (χ0v) is 7.61. The van der Waals surface area contributed by atoms with Gasteiger partial charge in [-0.15, -0.1) is 0 Å². The van der Waals surface area contributed by atoms with Crippen LogP contribution in [0.3, 0.4) is 0 Å². The van der Waals surface area contributed by atoms with Gasteiger partial charge in [0, 0.05) is 12.7 Å². The maximum Gasteiger partial charge on any atom is 0.342 e. The summed E-state index contributed by atoms with van der Waals surface area (Å²) < 4.78 is 1.17. The first kappa shape index (κ1) is 10.2. The molecule has 0 bridgehead atoms. The van der Waals surface area contributed by atoms with Crippen molar-refractivity contribution < 1.29 is 9.90 Å². The highest BCUT2D eigenvalue weighted by Gasteiger charge is 2.10. The van der Waals surface area contributed by atoms with E-state index in [1.165, 1.54) is 4.57 Å². The average molecular weight is 198 g/mol. The van der Waals surface area contributed by atoms with E-state index in [-0.39, 0.29) is 0 Å². The number of nitrogens with zero attached hydrogens (tertiary/aromatic N) is 1. The second kappa shape index (κ2) is 3.91. The summed E-state index contributed by atoms with van der Waals surface area (Å²) in [6.07, 6.45) is 1.75. The number of carboxylic acid groups (broad SMARTS) is 1. The smallest absolute Gasteiger partial charge is 0.342 e. The van der Waals surface area contributed by atoms with Crippen LogP contribution in [0, 0.1) is 0 Å². The summed E-state index contributed by atoms with van der Waals surface area (Å²) >= 11 is 0. The van der Waals surface area contributed by atoms with E-state index >= 15 is 0 Å². The van der Waals surface area contributed by atoms with E-state index < -0.39 is 22.8 Å². The lowest BCUT2D eigenvalue weighted by Crippen LogP contribution is -2.33. The van der Waals surface area contributed by atoms with Crippen LogP contribution in [0.2, 0.25) is 0 Å². The Morgan fingerprint density at radius 2 is 2.21 bits per heavy atom. The van der Waals surface area contributed by atoms with Crippen molar-refractivity contribution >= 4 is 5.97 Å². The summed E-state index contributed by atoms with van der Waals surface area (Å²) in [5.74, 6) is -1.34. The molecule has 0 unspecified atom stereocenters. The zero-order valence-electron chi connectivity index (χ0n) is 7.61. The maximum atomic E-state index is 11.1. The standard InChI is InChI=1S/C8H10N2O4/c1-2-3-10-4-5(7(12)13)6(11)9-8(10)14/h4H,2-3H2,1H3,(H,12,13)(H,9,11,14). The van der Waals surface area contributed by atoms with E-state index in [4.69, 9.17) is 5.11 Å². The zero-order chi connectivity index (χ0) is 10.7. The van der Waals surface area contributed by atoms with Gasteiger partial charge in [-0.25, -0.2) is 9.59 Å². The predicted molar refractivity (Wildman–Crippen MR) is 48.6 cm³/mol. The van der Waals surface area contributed by atoms with Gasteiger partial charge in [-0.1, -0.05) is 6.92 Å². The van der Waals surface area contributed by atoms with Crippen LogP contribution >= 0.6 is 0 Å². The Bertz CT molecular complexity index is 457. The van der Waals surface area contributed by atoms with Gasteiger partial charge >= 0.3 is 11.7 Å². The van der Waals surface area contributed by atoms with Crippen molar-refractivity contribution in [2.75, 3.05) is 0 Å². The summed E-state index contributed by atoms with van der Waals surface area (Å²) in [6, 6.07) is 0. The summed E-state index contributed by atoms with van der Waals surface area (Å²) in [4.78, 5) is 34.6. The molecule has 0 aliphatic heterocycles. The van der Waals surface area contributed by atoms with Crippen molar-refractivity contribution in [3.8, 4) is 0 Å². The molecule has 0 radical (unpaired) electrons. The van der Waals surface area contributed by atoms with Crippen molar-refractivity contribution in [1.29, 1.82) is 0 Å². The first-order chi connectivity index (χ1) is 6.56. The molecular formula is C8H10N2O4. The lowest BCUT2D eigenvalue weighted by molar-refractivity contribution is 0.0693. The second-order valence-electron chi connectivity index (χ2n) is 2.80. The predicted octanol–water partition coefficient (Wildman–Crippen LogP) is -0.355. The third-order valence-corrected chi connectivity index (χ3v) is 1.71. The highest BCUT2D eigenvalue weighted by atomic mass is 16.4. The van der Waals surface area contributed by atoms with Gasteiger partial charge < -0.3 is 5.11 Å². The molecule has 1 rings (SSSR count). The fourth-order valence-electron chi connectivity index (χ4n) is 1.07. The molecule has 6 heteroatoms. The number of hydrogen-bond acceptors (Lipinski definition) is 3. The van der Waals surface area contributed by atoms with Gasteiger partial charge in [-0.05, 0) is 6.42 Å². The number of H-pyrrole nitrogens is 1. The van der Waals surface area contributed by atoms with E-state index in [0.29, 0.717) is 13.0 Å². The summed E-state index contributed by atoms with van der Waals surface area (Å²) in [7, 11) is 0. The highest BCUT2D eigenvalue weighted by Crippen LogP contribution is 1.89. The second-order valence-corrected chi connectivity index (χ2v) is 2.80. The van der Waals surface area contributed by atoms with E-state index in [1.807, 2.05) is 11.9 Å². The number of aryl methyl sites for hydroxylation is 1. The Morgan fingerprint density at radius 3 is 2.71 bits per heavy atom. The molecular weight excluding hydrogens is 188 g/mol. The molecule has 1 aromatic heterocycles. The Morgan fingerprint density at radius 1 is 1.57 bits per heavy atom.